The van der Waals surface area contributed by atoms with Crippen molar-refractivity contribution in [2.24, 2.45) is 0 Å². The molecule has 0 bridgehead atoms. The molecule has 0 atom stereocenters. The number of nitrogens with one attached hydrogen (secondary N) is 1. The predicted molar refractivity (Wildman–Crippen MR) is 117 cm³/mol. The van der Waals surface area contributed by atoms with E-state index in [4.69, 9.17) is 4.74 Å². The number of hydrogen-bond acceptors (Lipinski definition) is 5. The second-order valence-electron chi connectivity index (χ2n) is 7.44. The van der Waals surface area contributed by atoms with Crippen LogP contribution >= 0.6 is 15.9 Å². The maximum atomic E-state index is 13.3. The normalized spacial score (nSPS) is 15.5. The summed E-state index contributed by atoms with van der Waals surface area (Å²) in [6, 6.07) is 13.8. The summed E-state index contributed by atoms with van der Waals surface area (Å²) < 4.78 is 30.9. The van der Waals surface area contributed by atoms with Crippen molar-refractivity contribution in [2.75, 3.05) is 6.61 Å². The summed E-state index contributed by atoms with van der Waals surface area (Å²) in [6.45, 7) is 1.74. The van der Waals surface area contributed by atoms with E-state index < -0.39 is 33.1 Å². The minimum absolute atomic E-state index is 0.0774. The summed E-state index contributed by atoms with van der Waals surface area (Å²) in [5.74, 6) is -1.32. The van der Waals surface area contributed by atoms with E-state index in [9.17, 15) is 18.0 Å². The van der Waals surface area contributed by atoms with Crippen LogP contribution in [-0.2, 0) is 30.7 Å². The maximum Gasteiger partial charge on any atom is 0.328 e. The molecular weight excluding hydrogens is 470 g/mol. The number of halogens is 1. The first kappa shape index (κ1) is 22.5. The molecule has 0 heterocycles. The minimum Gasteiger partial charge on any atom is -0.454 e. The van der Waals surface area contributed by atoms with Crippen LogP contribution < -0.4 is 5.32 Å². The Labute approximate surface area is 185 Å². The number of rotatable bonds is 7. The van der Waals surface area contributed by atoms with Crippen molar-refractivity contribution >= 4 is 37.6 Å². The standard InChI is InChI=1S/C22H24BrNO5S/c1-16-6-2-3-7-17(16)14-24-20(25)15-29-21(26)22(12-4-5-13-22)30(27,28)19-10-8-18(23)9-11-19/h2-3,6-11H,4-5,12-15H2,1H3,(H,24,25). The maximum absolute atomic E-state index is 13.3. The first-order chi connectivity index (χ1) is 14.3. The van der Waals surface area contributed by atoms with Crippen LogP contribution in [0.15, 0.2) is 57.9 Å². The third-order valence-electron chi connectivity index (χ3n) is 5.49. The van der Waals surface area contributed by atoms with Crippen molar-refractivity contribution < 1.29 is 22.7 Å². The molecule has 1 N–H and O–H groups in total. The van der Waals surface area contributed by atoms with Gasteiger partial charge in [-0.05, 0) is 55.2 Å². The highest BCUT2D eigenvalue weighted by atomic mass is 79.9. The molecule has 0 aliphatic heterocycles. The van der Waals surface area contributed by atoms with Crippen LogP contribution in [0.3, 0.4) is 0 Å². The SMILES string of the molecule is Cc1ccccc1CNC(=O)COC(=O)C1(S(=O)(=O)c2ccc(Br)cc2)CCCC1. The fourth-order valence-electron chi connectivity index (χ4n) is 3.68. The van der Waals surface area contributed by atoms with Crippen molar-refractivity contribution in [3.63, 3.8) is 0 Å². The Balaban J connectivity index is 1.68. The molecule has 1 aliphatic rings. The largest absolute Gasteiger partial charge is 0.454 e. The van der Waals surface area contributed by atoms with Gasteiger partial charge in [-0.1, -0.05) is 53.0 Å². The van der Waals surface area contributed by atoms with E-state index in [0.717, 1.165) is 15.6 Å². The van der Waals surface area contributed by atoms with Crippen molar-refractivity contribution in [3.8, 4) is 0 Å². The molecule has 8 heteroatoms. The lowest BCUT2D eigenvalue weighted by Gasteiger charge is -2.26. The van der Waals surface area contributed by atoms with Crippen LogP contribution in [0.4, 0.5) is 0 Å². The summed E-state index contributed by atoms with van der Waals surface area (Å²) in [5.41, 5.74) is 2.00. The van der Waals surface area contributed by atoms with Gasteiger partial charge in [0.2, 0.25) is 0 Å². The molecule has 0 radical (unpaired) electrons. The molecular formula is C22H24BrNO5S. The van der Waals surface area contributed by atoms with Crippen LogP contribution in [0.5, 0.6) is 0 Å². The first-order valence-electron chi connectivity index (χ1n) is 9.75. The number of amides is 1. The van der Waals surface area contributed by atoms with Crippen LogP contribution in [0.25, 0.3) is 0 Å². The summed E-state index contributed by atoms with van der Waals surface area (Å²) in [7, 11) is -3.95. The molecule has 1 saturated carbocycles. The van der Waals surface area contributed by atoms with Crippen LogP contribution in [-0.4, -0.2) is 31.6 Å². The molecule has 1 aliphatic carbocycles. The van der Waals surface area contributed by atoms with E-state index in [2.05, 4.69) is 21.2 Å². The highest BCUT2D eigenvalue weighted by Crippen LogP contribution is 2.41. The number of esters is 1. The zero-order valence-corrected chi connectivity index (χ0v) is 19.1. The Hall–Kier alpha value is -2.19. The fraction of sp³-hybridized carbons (Fsp3) is 0.364. The van der Waals surface area contributed by atoms with E-state index in [0.29, 0.717) is 19.4 Å². The van der Waals surface area contributed by atoms with E-state index >= 15 is 0 Å². The molecule has 0 spiro atoms. The van der Waals surface area contributed by atoms with Crippen molar-refractivity contribution in [1.82, 2.24) is 5.32 Å². The molecule has 3 rings (SSSR count). The number of sulfone groups is 1. The number of aryl methyl sites for hydroxylation is 1. The molecule has 1 amide bonds. The van der Waals surface area contributed by atoms with Gasteiger partial charge in [0, 0.05) is 11.0 Å². The van der Waals surface area contributed by atoms with Crippen LogP contribution in [0.2, 0.25) is 0 Å². The van der Waals surface area contributed by atoms with Crippen molar-refractivity contribution in [3.05, 3.63) is 64.1 Å². The van der Waals surface area contributed by atoms with E-state index in [-0.39, 0.29) is 17.7 Å². The predicted octanol–water partition coefficient (Wildman–Crippen LogP) is 3.70. The first-order valence-corrected chi connectivity index (χ1v) is 12.0. The average molecular weight is 494 g/mol. The Morgan fingerprint density at radius 1 is 1.07 bits per heavy atom. The number of carbonyl (C=O) groups is 2. The zero-order valence-electron chi connectivity index (χ0n) is 16.7. The van der Waals surface area contributed by atoms with E-state index in [1.807, 2.05) is 31.2 Å². The third kappa shape index (κ3) is 4.59. The lowest BCUT2D eigenvalue weighted by atomic mass is 10.1. The molecule has 1 fully saturated rings. The molecule has 0 unspecified atom stereocenters. The summed E-state index contributed by atoms with van der Waals surface area (Å²) in [5, 5.41) is 2.70. The lowest BCUT2D eigenvalue weighted by Crippen LogP contribution is -2.46. The smallest absolute Gasteiger partial charge is 0.328 e. The molecule has 0 saturated heterocycles. The van der Waals surface area contributed by atoms with Crippen molar-refractivity contribution in [2.45, 2.75) is 48.8 Å². The molecule has 2 aromatic carbocycles. The van der Waals surface area contributed by atoms with Gasteiger partial charge in [0.25, 0.3) is 5.91 Å². The van der Waals surface area contributed by atoms with Gasteiger partial charge in [-0.25, -0.2) is 8.42 Å². The molecule has 160 valence electrons. The van der Waals surface area contributed by atoms with Gasteiger partial charge in [-0.15, -0.1) is 0 Å². The lowest BCUT2D eigenvalue weighted by molar-refractivity contribution is -0.151. The molecule has 30 heavy (non-hydrogen) atoms. The quantitative estimate of drug-likeness (QED) is 0.593. The average Bonchev–Trinajstić information content (AvgIpc) is 3.24. The molecule has 6 nitrogen and oxygen atoms in total. The van der Waals surface area contributed by atoms with Gasteiger partial charge in [0.15, 0.2) is 21.2 Å². The highest BCUT2D eigenvalue weighted by molar-refractivity contribution is 9.10. The van der Waals surface area contributed by atoms with Gasteiger partial charge in [-0.2, -0.15) is 0 Å². The minimum atomic E-state index is -3.95. The van der Waals surface area contributed by atoms with Gasteiger partial charge in [0.05, 0.1) is 4.90 Å². The zero-order chi connectivity index (χ0) is 21.8. The van der Waals surface area contributed by atoms with Gasteiger partial charge in [0.1, 0.15) is 0 Å². The summed E-state index contributed by atoms with van der Waals surface area (Å²) in [4.78, 5) is 25.1. The summed E-state index contributed by atoms with van der Waals surface area (Å²) in [6.07, 6.45) is 1.61. The fourth-order valence-corrected chi connectivity index (χ4v) is 6.00. The van der Waals surface area contributed by atoms with E-state index in [1.54, 1.807) is 12.1 Å². The molecule has 0 aromatic heterocycles. The van der Waals surface area contributed by atoms with Crippen molar-refractivity contribution in [1.29, 1.82) is 0 Å². The number of benzene rings is 2. The Bertz CT molecular complexity index is 1030. The van der Waals surface area contributed by atoms with Crippen LogP contribution in [0.1, 0.15) is 36.8 Å². The highest BCUT2D eigenvalue weighted by Gasteiger charge is 2.54. The monoisotopic (exact) mass is 493 g/mol. The number of carbonyl (C=O) groups excluding carboxylic acids is 2. The number of ether oxygens (including phenoxy) is 1. The van der Waals surface area contributed by atoms with Gasteiger partial charge < -0.3 is 10.1 Å². The molecule has 2 aromatic rings. The Morgan fingerprint density at radius 3 is 2.33 bits per heavy atom. The topological polar surface area (TPSA) is 89.5 Å². The summed E-state index contributed by atoms with van der Waals surface area (Å²) >= 11 is 3.28. The number of hydrogen-bond donors (Lipinski definition) is 1. The third-order valence-corrected chi connectivity index (χ3v) is 8.52. The second-order valence-corrected chi connectivity index (χ2v) is 10.6. The Morgan fingerprint density at radius 2 is 1.70 bits per heavy atom. The van der Waals surface area contributed by atoms with Gasteiger partial charge >= 0.3 is 5.97 Å². The van der Waals surface area contributed by atoms with Gasteiger partial charge in [-0.3, -0.25) is 9.59 Å². The van der Waals surface area contributed by atoms with Crippen LogP contribution in [0, 0.1) is 6.92 Å². The Kier molecular flexibility index (Phi) is 6.98. The second kappa shape index (κ2) is 9.31. The van der Waals surface area contributed by atoms with E-state index in [1.165, 1.54) is 12.1 Å².